The molecule has 0 amide bonds. The second-order valence-electron chi connectivity index (χ2n) is 3.22. The Morgan fingerprint density at radius 3 is 2.86 bits per heavy atom. The van der Waals surface area contributed by atoms with Gasteiger partial charge in [0.1, 0.15) is 5.82 Å². The van der Waals surface area contributed by atoms with Gasteiger partial charge in [-0.05, 0) is 19.1 Å². The van der Waals surface area contributed by atoms with Gasteiger partial charge >= 0.3 is 0 Å². The molecule has 0 aromatic heterocycles. The van der Waals surface area contributed by atoms with Crippen molar-refractivity contribution < 1.29 is 4.39 Å². The fraction of sp³-hybridized carbons (Fsp3) is 0.400. The van der Waals surface area contributed by atoms with Crippen LogP contribution in [-0.4, -0.2) is 12.6 Å². The summed E-state index contributed by atoms with van der Waals surface area (Å²) in [7, 11) is 0. The number of halogens is 2. The summed E-state index contributed by atoms with van der Waals surface area (Å²) in [5.41, 5.74) is 5.92. The summed E-state index contributed by atoms with van der Waals surface area (Å²) in [5, 5.41) is 3.53. The highest BCUT2D eigenvalue weighted by Gasteiger charge is 2.07. The van der Waals surface area contributed by atoms with Gasteiger partial charge in [0.05, 0.1) is 0 Å². The number of hydrogen-bond donors (Lipinski definition) is 2. The summed E-state index contributed by atoms with van der Waals surface area (Å²) in [6, 6.07) is 4.82. The van der Waals surface area contributed by atoms with E-state index in [-0.39, 0.29) is 11.9 Å². The van der Waals surface area contributed by atoms with Crippen LogP contribution in [0.1, 0.15) is 12.5 Å². The Morgan fingerprint density at radius 2 is 2.29 bits per heavy atom. The van der Waals surface area contributed by atoms with E-state index >= 15 is 0 Å². The monoisotopic (exact) mass is 216 g/mol. The molecule has 0 unspecified atom stereocenters. The molecule has 2 nitrogen and oxygen atoms in total. The minimum atomic E-state index is -0.283. The van der Waals surface area contributed by atoms with Gasteiger partial charge in [0, 0.05) is 29.7 Å². The van der Waals surface area contributed by atoms with Gasteiger partial charge in [0.25, 0.3) is 0 Å². The average Bonchev–Trinajstić information content (AvgIpc) is 2.16. The fourth-order valence-corrected chi connectivity index (χ4v) is 1.29. The van der Waals surface area contributed by atoms with Gasteiger partial charge in [-0.15, -0.1) is 0 Å². The van der Waals surface area contributed by atoms with Gasteiger partial charge in [-0.1, -0.05) is 17.7 Å². The Balaban J connectivity index is 2.66. The van der Waals surface area contributed by atoms with Crippen LogP contribution in [0.25, 0.3) is 0 Å². The summed E-state index contributed by atoms with van der Waals surface area (Å²) < 4.78 is 13.2. The summed E-state index contributed by atoms with van der Waals surface area (Å²) in [6.07, 6.45) is 0. The quantitative estimate of drug-likeness (QED) is 0.807. The standard InChI is InChI=1S/C10H14ClFN2/c1-7(5-13)14-6-8-9(11)3-2-4-10(8)12/h2-4,7,14H,5-6,13H2,1H3/t7-/m0/s1. The predicted molar refractivity (Wildman–Crippen MR) is 56.8 cm³/mol. The van der Waals surface area contributed by atoms with Crippen molar-refractivity contribution in [2.75, 3.05) is 6.54 Å². The Morgan fingerprint density at radius 1 is 1.57 bits per heavy atom. The molecule has 1 aromatic rings. The van der Waals surface area contributed by atoms with Gasteiger partial charge in [-0.25, -0.2) is 4.39 Å². The fourth-order valence-electron chi connectivity index (χ4n) is 1.06. The van der Waals surface area contributed by atoms with Crippen LogP contribution in [0, 0.1) is 5.82 Å². The second-order valence-corrected chi connectivity index (χ2v) is 3.63. The van der Waals surface area contributed by atoms with Crippen LogP contribution in [0.3, 0.4) is 0 Å². The highest BCUT2D eigenvalue weighted by Crippen LogP contribution is 2.18. The lowest BCUT2D eigenvalue weighted by Crippen LogP contribution is -2.32. The number of nitrogens with two attached hydrogens (primary N) is 1. The van der Waals surface area contributed by atoms with Crippen LogP contribution >= 0.6 is 11.6 Å². The van der Waals surface area contributed by atoms with E-state index in [1.165, 1.54) is 6.07 Å². The molecule has 1 rings (SSSR count). The maximum Gasteiger partial charge on any atom is 0.129 e. The molecule has 3 N–H and O–H groups in total. The first-order valence-electron chi connectivity index (χ1n) is 4.51. The topological polar surface area (TPSA) is 38.0 Å². The molecule has 78 valence electrons. The zero-order valence-corrected chi connectivity index (χ0v) is 8.81. The van der Waals surface area contributed by atoms with Crippen molar-refractivity contribution in [3.8, 4) is 0 Å². The Bertz CT molecular complexity index is 284. The molecule has 0 heterocycles. The molecule has 1 atom stereocenters. The van der Waals surface area contributed by atoms with Gasteiger partial charge in [-0.2, -0.15) is 0 Å². The van der Waals surface area contributed by atoms with Gasteiger partial charge in [0.2, 0.25) is 0 Å². The first kappa shape index (κ1) is 11.4. The molecule has 4 heteroatoms. The summed E-state index contributed by atoms with van der Waals surface area (Å²) in [4.78, 5) is 0. The van der Waals surface area contributed by atoms with Crippen LogP contribution in [0.15, 0.2) is 18.2 Å². The molecule has 0 aliphatic rings. The van der Waals surface area contributed by atoms with Crippen LogP contribution in [0.4, 0.5) is 4.39 Å². The molecule has 1 aromatic carbocycles. The molecule has 0 aliphatic heterocycles. The molecule has 0 bridgehead atoms. The zero-order valence-electron chi connectivity index (χ0n) is 8.06. The number of hydrogen-bond acceptors (Lipinski definition) is 2. The third kappa shape index (κ3) is 2.94. The smallest absolute Gasteiger partial charge is 0.129 e. The molecule has 0 saturated carbocycles. The number of benzene rings is 1. The SMILES string of the molecule is C[C@@H](CN)NCc1c(F)cccc1Cl. The summed E-state index contributed by atoms with van der Waals surface area (Å²) >= 11 is 5.84. The van der Waals surface area contributed by atoms with Crippen LogP contribution in [-0.2, 0) is 6.54 Å². The van der Waals surface area contributed by atoms with E-state index in [9.17, 15) is 4.39 Å². The van der Waals surface area contributed by atoms with E-state index in [1.807, 2.05) is 6.92 Å². The molecule has 0 aliphatic carbocycles. The lowest BCUT2D eigenvalue weighted by Gasteiger charge is -2.12. The van der Waals surface area contributed by atoms with Gasteiger partial charge in [-0.3, -0.25) is 0 Å². The van der Waals surface area contributed by atoms with Crippen molar-refractivity contribution in [2.24, 2.45) is 5.73 Å². The van der Waals surface area contributed by atoms with Crippen molar-refractivity contribution in [3.63, 3.8) is 0 Å². The Kier molecular flexibility index (Phi) is 4.32. The highest BCUT2D eigenvalue weighted by molar-refractivity contribution is 6.31. The highest BCUT2D eigenvalue weighted by atomic mass is 35.5. The van der Waals surface area contributed by atoms with Gasteiger partial charge in [0.15, 0.2) is 0 Å². The van der Waals surface area contributed by atoms with Gasteiger partial charge < -0.3 is 11.1 Å². The third-order valence-corrected chi connectivity index (χ3v) is 2.40. The van der Waals surface area contributed by atoms with Crippen LogP contribution in [0.2, 0.25) is 5.02 Å². The minimum Gasteiger partial charge on any atom is -0.329 e. The van der Waals surface area contributed by atoms with Crippen molar-refractivity contribution >= 4 is 11.6 Å². The van der Waals surface area contributed by atoms with E-state index in [4.69, 9.17) is 17.3 Å². The third-order valence-electron chi connectivity index (χ3n) is 2.04. The zero-order chi connectivity index (χ0) is 10.6. The Hall–Kier alpha value is -0.640. The largest absolute Gasteiger partial charge is 0.329 e. The van der Waals surface area contributed by atoms with Crippen LogP contribution < -0.4 is 11.1 Å². The van der Waals surface area contributed by atoms with E-state index in [2.05, 4.69) is 5.32 Å². The molecule has 0 saturated heterocycles. The van der Waals surface area contributed by atoms with Crippen molar-refractivity contribution in [1.29, 1.82) is 0 Å². The van der Waals surface area contributed by atoms with E-state index < -0.39 is 0 Å². The molecule has 0 radical (unpaired) electrons. The maximum absolute atomic E-state index is 13.2. The molecular formula is C10H14ClFN2. The second kappa shape index (κ2) is 5.29. The first-order chi connectivity index (χ1) is 6.65. The minimum absolute atomic E-state index is 0.158. The average molecular weight is 217 g/mol. The molecular weight excluding hydrogens is 203 g/mol. The van der Waals surface area contributed by atoms with E-state index in [0.29, 0.717) is 23.7 Å². The van der Waals surface area contributed by atoms with Crippen molar-refractivity contribution in [2.45, 2.75) is 19.5 Å². The van der Waals surface area contributed by atoms with Crippen molar-refractivity contribution in [1.82, 2.24) is 5.32 Å². The number of rotatable bonds is 4. The van der Waals surface area contributed by atoms with E-state index in [1.54, 1.807) is 12.1 Å². The lowest BCUT2D eigenvalue weighted by atomic mass is 10.2. The first-order valence-corrected chi connectivity index (χ1v) is 4.89. The Labute approximate surface area is 88.2 Å². The lowest BCUT2D eigenvalue weighted by molar-refractivity contribution is 0.533. The number of nitrogens with one attached hydrogen (secondary N) is 1. The predicted octanol–water partition coefficient (Wildman–Crippen LogP) is 1.92. The maximum atomic E-state index is 13.2. The summed E-state index contributed by atoms with van der Waals surface area (Å²) in [5.74, 6) is -0.283. The molecule has 0 fully saturated rings. The normalized spacial score (nSPS) is 12.9. The molecule has 0 spiro atoms. The molecule has 14 heavy (non-hydrogen) atoms. The van der Waals surface area contributed by atoms with Crippen LogP contribution in [0.5, 0.6) is 0 Å². The van der Waals surface area contributed by atoms with Crippen molar-refractivity contribution in [3.05, 3.63) is 34.6 Å². The van der Waals surface area contributed by atoms with E-state index in [0.717, 1.165) is 0 Å². The summed E-state index contributed by atoms with van der Waals surface area (Å²) in [6.45, 7) is 2.87.